The molecule has 94 valence electrons. The number of carboxylic acid groups (broad SMARTS) is 1. The van der Waals surface area contributed by atoms with Gasteiger partial charge >= 0.3 is 5.97 Å². The lowest BCUT2D eigenvalue weighted by atomic mass is 10.2. The van der Waals surface area contributed by atoms with Crippen LogP contribution in [0.5, 0.6) is 0 Å². The van der Waals surface area contributed by atoms with E-state index in [4.69, 9.17) is 5.11 Å². The summed E-state index contributed by atoms with van der Waals surface area (Å²) in [5, 5.41) is 10.8. The fourth-order valence-corrected chi connectivity index (χ4v) is 1.46. The van der Waals surface area contributed by atoms with Crippen molar-refractivity contribution in [1.82, 2.24) is 10.2 Å². The zero-order chi connectivity index (χ0) is 12.6. The number of aliphatic carboxylic acids is 1. The summed E-state index contributed by atoms with van der Waals surface area (Å²) >= 11 is 0. The number of rotatable bonds is 8. The summed E-state index contributed by atoms with van der Waals surface area (Å²) in [6.45, 7) is 7.25. The summed E-state index contributed by atoms with van der Waals surface area (Å²) in [5.74, 6) is -1.24. The number of carbonyl (C=O) groups excluding carboxylic acids is 1. The van der Waals surface area contributed by atoms with Crippen LogP contribution >= 0.6 is 0 Å². The smallest absolute Gasteiger partial charge is 0.322 e. The van der Waals surface area contributed by atoms with Gasteiger partial charge in [0.25, 0.3) is 0 Å². The Labute approximate surface area is 96.8 Å². The van der Waals surface area contributed by atoms with E-state index in [9.17, 15) is 9.59 Å². The fourth-order valence-electron chi connectivity index (χ4n) is 1.46. The molecule has 2 N–H and O–H groups in total. The zero-order valence-electron chi connectivity index (χ0n) is 10.3. The van der Waals surface area contributed by atoms with Crippen molar-refractivity contribution in [2.45, 2.75) is 39.7 Å². The second kappa shape index (κ2) is 8.10. The maximum atomic E-state index is 11.6. The third kappa shape index (κ3) is 5.70. The molecule has 0 saturated carbocycles. The van der Waals surface area contributed by atoms with Gasteiger partial charge in [0.05, 0.1) is 6.04 Å². The van der Waals surface area contributed by atoms with Crippen LogP contribution in [0.1, 0.15) is 33.6 Å². The van der Waals surface area contributed by atoms with Crippen LogP contribution in [0.4, 0.5) is 0 Å². The number of hydrogen-bond donors (Lipinski definition) is 2. The van der Waals surface area contributed by atoms with Crippen molar-refractivity contribution in [3.05, 3.63) is 0 Å². The molecule has 1 amide bonds. The molecule has 1 unspecified atom stereocenters. The van der Waals surface area contributed by atoms with Gasteiger partial charge in [0.2, 0.25) is 5.91 Å². The molecule has 0 fully saturated rings. The Hall–Kier alpha value is -1.10. The second-order valence-corrected chi connectivity index (χ2v) is 3.77. The topological polar surface area (TPSA) is 69.6 Å². The third-order valence-corrected chi connectivity index (χ3v) is 2.55. The molecule has 0 aliphatic carbocycles. The summed E-state index contributed by atoms with van der Waals surface area (Å²) in [6, 6.07) is -0.268. The summed E-state index contributed by atoms with van der Waals surface area (Å²) in [7, 11) is 0. The van der Waals surface area contributed by atoms with Crippen molar-refractivity contribution >= 4 is 11.9 Å². The number of nitrogens with one attached hydrogen (secondary N) is 1. The van der Waals surface area contributed by atoms with E-state index < -0.39 is 5.97 Å². The summed E-state index contributed by atoms with van der Waals surface area (Å²) < 4.78 is 0. The van der Waals surface area contributed by atoms with E-state index in [0.29, 0.717) is 0 Å². The van der Waals surface area contributed by atoms with E-state index in [-0.39, 0.29) is 18.5 Å². The molecular formula is C11H22N2O3. The Morgan fingerprint density at radius 3 is 2.44 bits per heavy atom. The maximum absolute atomic E-state index is 11.6. The highest BCUT2D eigenvalue weighted by Gasteiger charge is 2.19. The first-order valence-electron chi connectivity index (χ1n) is 5.76. The van der Waals surface area contributed by atoms with Crippen LogP contribution in [-0.2, 0) is 9.59 Å². The Morgan fingerprint density at radius 1 is 1.38 bits per heavy atom. The van der Waals surface area contributed by atoms with E-state index >= 15 is 0 Å². The molecule has 0 spiro atoms. The zero-order valence-corrected chi connectivity index (χ0v) is 10.3. The number of likely N-dealkylation sites (N-methyl/N-ethyl adjacent to an activating group) is 1. The number of hydrogen-bond acceptors (Lipinski definition) is 3. The minimum atomic E-state index is -1.02. The normalized spacial score (nSPS) is 12.5. The van der Waals surface area contributed by atoms with Crippen LogP contribution in [0.2, 0.25) is 0 Å². The highest BCUT2D eigenvalue weighted by molar-refractivity contribution is 5.84. The molecule has 5 heteroatoms. The van der Waals surface area contributed by atoms with Crippen LogP contribution in [0.25, 0.3) is 0 Å². The van der Waals surface area contributed by atoms with Gasteiger partial charge in [-0.25, -0.2) is 0 Å². The molecule has 0 aliphatic rings. The lowest BCUT2D eigenvalue weighted by Crippen LogP contribution is -2.46. The minimum Gasteiger partial charge on any atom is -0.480 e. The van der Waals surface area contributed by atoms with Crippen LogP contribution in [0, 0.1) is 0 Å². The number of unbranched alkanes of at least 4 members (excludes halogenated alkanes) is 1. The Balaban J connectivity index is 4.10. The van der Waals surface area contributed by atoms with E-state index in [2.05, 4.69) is 12.2 Å². The standard InChI is InChI=1S/C11H22N2O3/c1-4-6-7-13(5-2)9(3)11(16)12-8-10(14)15/h9H,4-8H2,1-3H3,(H,12,16)(H,14,15). The molecule has 0 aromatic rings. The Kier molecular flexibility index (Phi) is 7.54. The van der Waals surface area contributed by atoms with E-state index in [1.165, 1.54) is 0 Å². The molecule has 0 bridgehead atoms. The van der Waals surface area contributed by atoms with Gasteiger partial charge in [-0.15, -0.1) is 0 Å². The minimum absolute atomic E-state index is 0.222. The third-order valence-electron chi connectivity index (χ3n) is 2.55. The molecule has 0 heterocycles. The second-order valence-electron chi connectivity index (χ2n) is 3.77. The predicted molar refractivity (Wildman–Crippen MR) is 62.3 cm³/mol. The van der Waals surface area contributed by atoms with Gasteiger partial charge < -0.3 is 10.4 Å². The summed E-state index contributed by atoms with van der Waals surface area (Å²) in [6.07, 6.45) is 2.13. The quantitative estimate of drug-likeness (QED) is 0.644. The number of amides is 1. The lowest BCUT2D eigenvalue weighted by Gasteiger charge is -2.26. The van der Waals surface area contributed by atoms with Crippen LogP contribution in [0.3, 0.4) is 0 Å². The van der Waals surface area contributed by atoms with Gasteiger partial charge in [0.15, 0.2) is 0 Å². The Morgan fingerprint density at radius 2 is 2.00 bits per heavy atom. The molecule has 0 aliphatic heterocycles. The lowest BCUT2D eigenvalue weighted by molar-refractivity contribution is -0.138. The monoisotopic (exact) mass is 230 g/mol. The predicted octanol–water partition coefficient (Wildman–Crippen LogP) is 0.698. The largest absolute Gasteiger partial charge is 0.480 e. The highest BCUT2D eigenvalue weighted by Crippen LogP contribution is 2.01. The highest BCUT2D eigenvalue weighted by atomic mass is 16.4. The number of nitrogens with zero attached hydrogens (tertiary/aromatic N) is 1. The SMILES string of the molecule is CCCCN(CC)C(C)C(=O)NCC(=O)O. The van der Waals surface area contributed by atoms with E-state index in [0.717, 1.165) is 25.9 Å². The van der Waals surface area contributed by atoms with Crippen molar-refractivity contribution < 1.29 is 14.7 Å². The average Bonchev–Trinajstić information content (AvgIpc) is 2.26. The fraction of sp³-hybridized carbons (Fsp3) is 0.818. The van der Waals surface area contributed by atoms with Crippen LogP contribution < -0.4 is 5.32 Å². The van der Waals surface area contributed by atoms with Crippen LogP contribution in [0.15, 0.2) is 0 Å². The molecule has 0 rings (SSSR count). The van der Waals surface area contributed by atoms with Gasteiger partial charge in [-0.05, 0) is 26.4 Å². The first-order valence-corrected chi connectivity index (χ1v) is 5.76. The van der Waals surface area contributed by atoms with Crippen LogP contribution in [-0.4, -0.2) is 47.6 Å². The van der Waals surface area contributed by atoms with Crippen molar-refractivity contribution in [3.63, 3.8) is 0 Å². The summed E-state index contributed by atoms with van der Waals surface area (Å²) in [5.41, 5.74) is 0. The summed E-state index contributed by atoms with van der Waals surface area (Å²) in [4.78, 5) is 23.9. The maximum Gasteiger partial charge on any atom is 0.322 e. The van der Waals surface area contributed by atoms with E-state index in [1.54, 1.807) is 6.92 Å². The van der Waals surface area contributed by atoms with Gasteiger partial charge in [-0.3, -0.25) is 14.5 Å². The molecule has 0 aromatic carbocycles. The molecule has 0 aromatic heterocycles. The van der Waals surface area contributed by atoms with Gasteiger partial charge in [-0.1, -0.05) is 20.3 Å². The number of carbonyl (C=O) groups is 2. The Bertz CT molecular complexity index is 231. The van der Waals surface area contributed by atoms with Gasteiger partial charge in [-0.2, -0.15) is 0 Å². The van der Waals surface area contributed by atoms with Crippen molar-refractivity contribution in [1.29, 1.82) is 0 Å². The van der Waals surface area contributed by atoms with Gasteiger partial charge in [0.1, 0.15) is 6.54 Å². The van der Waals surface area contributed by atoms with E-state index in [1.807, 2.05) is 11.8 Å². The molecular weight excluding hydrogens is 208 g/mol. The van der Waals surface area contributed by atoms with Crippen molar-refractivity contribution in [2.24, 2.45) is 0 Å². The van der Waals surface area contributed by atoms with Crippen molar-refractivity contribution in [2.75, 3.05) is 19.6 Å². The molecule has 16 heavy (non-hydrogen) atoms. The van der Waals surface area contributed by atoms with Crippen molar-refractivity contribution in [3.8, 4) is 0 Å². The van der Waals surface area contributed by atoms with Gasteiger partial charge in [0, 0.05) is 0 Å². The first kappa shape index (κ1) is 14.9. The molecule has 0 radical (unpaired) electrons. The molecule has 5 nitrogen and oxygen atoms in total. The average molecular weight is 230 g/mol. The first-order chi connectivity index (χ1) is 7.52. The number of carboxylic acids is 1. The molecule has 1 atom stereocenters. The molecule has 0 saturated heterocycles.